The number of carbonyl (C=O) groups excluding carboxylic acids is 2. The molecule has 184 valence electrons. The minimum absolute atomic E-state index is 0.322. The topological polar surface area (TPSA) is 96.0 Å². The van der Waals surface area contributed by atoms with Crippen molar-refractivity contribution < 1.29 is 28.5 Å². The smallest absolute Gasteiger partial charge is 0.344 e. The zero-order chi connectivity index (χ0) is 25.3. The molecule has 0 unspecified atom stereocenters. The summed E-state index contributed by atoms with van der Waals surface area (Å²) in [4.78, 5) is 28.8. The van der Waals surface area contributed by atoms with Gasteiger partial charge in [-0.1, -0.05) is 48.5 Å². The van der Waals surface area contributed by atoms with Crippen molar-refractivity contribution in [2.45, 2.75) is 0 Å². The van der Waals surface area contributed by atoms with Crippen LogP contribution in [-0.2, 0) is 14.3 Å². The highest BCUT2D eigenvalue weighted by atomic mass is 32.1. The Balaban J connectivity index is 1.28. The van der Waals surface area contributed by atoms with Crippen LogP contribution in [0.5, 0.6) is 17.2 Å². The minimum atomic E-state index is -0.654. The van der Waals surface area contributed by atoms with Gasteiger partial charge in [-0.2, -0.15) is 0 Å². The Morgan fingerprint density at radius 2 is 1.58 bits per heavy atom. The minimum Gasteiger partial charge on any atom is -0.493 e. The number of nitrogens with zero attached hydrogens (tertiary/aromatic N) is 1. The fourth-order valence-corrected chi connectivity index (χ4v) is 4.12. The van der Waals surface area contributed by atoms with Crippen LogP contribution in [0.3, 0.4) is 0 Å². The quantitative estimate of drug-likeness (QED) is 0.302. The second-order valence-corrected chi connectivity index (χ2v) is 8.33. The van der Waals surface area contributed by atoms with Crippen LogP contribution in [0.15, 0.2) is 78.2 Å². The molecule has 1 aromatic heterocycles. The zero-order valence-electron chi connectivity index (χ0n) is 19.7. The molecule has 0 saturated carbocycles. The molecule has 0 bridgehead atoms. The Morgan fingerprint density at radius 1 is 0.833 bits per heavy atom. The van der Waals surface area contributed by atoms with Crippen molar-refractivity contribution in [3.63, 3.8) is 0 Å². The SMILES string of the molecule is COc1ccc(-c2csc(NC(=O)COC(=O)COc3ccccc3-c3ccccc3)n2)cc1OC. The van der Waals surface area contributed by atoms with Gasteiger partial charge in [0.15, 0.2) is 29.8 Å². The molecule has 9 heteroatoms. The van der Waals surface area contributed by atoms with Crippen LogP contribution in [0, 0.1) is 0 Å². The van der Waals surface area contributed by atoms with Gasteiger partial charge in [-0.3, -0.25) is 10.1 Å². The normalized spacial score (nSPS) is 10.4. The molecular formula is C27H24N2O6S. The molecule has 8 nitrogen and oxygen atoms in total. The first kappa shape index (κ1) is 24.7. The lowest BCUT2D eigenvalue weighted by Crippen LogP contribution is -2.23. The van der Waals surface area contributed by atoms with Crippen molar-refractivity contribution in [3.05, 3.63) is 78.2 Å². The largest absolute Gasteiger partial charge is 0.493 e. The van der Waals surface area contributed by atoms with E-state index in [0.717, 1.165) is 16.7 Å². The molecule has 0 radical (unpaired) electrons. The molecule has 36 heavy (non-hydrogen) atoms. The summed E-state index contributed by atoms with van der Waals surface area (Å²) < 4.78 is 21.3. The average molecular weight is 505 g/mol. The van der Waals surface area contributed by atoms with Crippen LogP contribution in [0.1, 0.15) is 0 Å². The van der Waals surface area contributed by atoms with Crippen LogP contribution in [0.25, 0.3) is 22.4 Å². The number of carbonyl (C=O) groups is 2. The van der Waals surface area contributed by atoms with Crippen LogP contribution >= 0.6 is 11.3 Å². The molecule has 4 aromatic rings. The monoisotopic (exact) mass is 504 g/mol. The van der Waals surface area contributed by atoms with E-state index in [1.807, 2.05) is 54.6 Å². The number of para-hydroxylation sites is 1. The maximum absolute atomic E-state index is 12.3. The Bertz CT molecular complexity index is 1340. The lowest BCUT2D eigenvalue weighted by molar-refractivity contribution is -0.149. The molecule has 1 heterocycles. The number of amides is 1. The van der Waals surface area contributed by atoms with Gasteiger partial charge in [-0.05, 0) is 29.8 Å². The van der Waals surface area contributed by atoms with Crippen molar-refractivity contribution in [2.24, 2.45) is 0 Å². The lowest BCUT2D eigenvalue weighted by atomic mass is 10.1. The second kappa shape index (κ2) is 11.9. The van der Waals surface area contributed by atoms with Gasteiger partial charge in [0.05, 0.1) is 19.9 Å². The molecule has 0 saturated heterocycles. The predicted octanol–water partition coefficient (Wildman–Crippen LogP) is 5.06. The van der Waals surface area contributed by atoms with Gasteiger partial charge in [0.2, 0.25) is 0 Å². The molecular weight excluding hydrogens is 480 g/mol. The summed E-state index contributed by atoms with van der Waals surface area (Å²) in [7, 11) is 3.12. The molecule has 0 atom stereocenters. The Hall–Kier alpha value is -4.37. The number of hydrogen-bond acceptors (Lipinski definition) is 8. The van der Waals surface area contributed by atoms with Crippen LogP contribution < -0.4 is 19.5 Å². The van der Waals surface area contributed by atoms with E-state index >= 15 is 0 Å². The van der Waals surface area contributed by atoms with E-state index in [1.54, 1.807) is 37.8 Å². The van der Waals surface area contributed by atoms with Crippen molar-refractivity contribution in [2.75, 3.05) is 32.8 Å². The second-order valence-electron chi connectivity index (χ2n) is 7.47. The summed E-state index contributed by atoms with van der Waals surface area (Å²) in [5.74, 6) is 0.587. The zero-order valence-corrected chi connectivity index (χ0v) is 20.5. The van der Waals surface area contributed by atoms with Gasteiger partial charge in [0.1, 0.15) is 5.75 Å². The highest BCUT2D eigenvalue weighted by Crippen LogP contribution is 2.33. The van der Waals surface area contributed by atoms with Gasteiger partial charge >= 0.3 is 5.97 Å². The molecule has 0 aliphatic rings. The maximum Gasteiger partial charge on any atom is 0.344 e. The first-order valence-corrected chi connectivity index (χ1v) is 11.9. The van der Waals surface area contributed by atoms with Crippen molar-refractivity contribution >= 4 is 28.3 Å². The van der Waals surface area contributed by atoms with E-state index < -0.39 is 18.5 Å². The molecule has 4 rings (SSSR count). The molecule has 1 N–H and O–H groups in total. The highest BCUT2D eigenvalue weighted by Gasteiger charge is 2.14. The third kappa shape index (κ3) is 6.19. The number of ether oxygens (including phenoxy) is 4. The molecule has 0 fully saturated rings. The first-order valence-electron chi connectivity index (χ1n) is 11.0. The summed E-state index contributed by atoms with van der Waals surface area (Å²) in [6.45, 7) is -0.772. The van der Waals surface area contributed by atoms with Gasteiger partial charge in [-0.25, -0.2) is 9.78 Å². The van der Waals surface area contributed by atoms with Crippen LogP contribution in [0.4, 0.5) is 5.13 Å². The van der Waals surface area contributed by atoms with Gasteiger partial charge in [0.25, 0.3) is 5.91 Å². The molecule has 0 aliphatic carbocycles. The summed E-state index contributed by atoms with van der Waals surface area (Å²) >= 11 is 1.26. The van der Waals surface area contributed by atoms with E-state index in [0.29, 0.717) is 28.1 Å². The number of rotatable bonds is 10. The highest BCUT2D eigenvalue weighted by molar-refractivity contribution is 7.14. The van der Waals surface area contributed by atoms with Gasteiger partial charge < -0.3 is 18.9 Å². The van der Waals surface area contributed by atoms with Gasteiger partial charge in [0, 0.05) is 16.5 Å². The number of esters is 1. The summed E-state index contributed by atoms with van der Waals surface area (Å²) in [6, 6.07) is 22.5. The summed E-state index contributed by atoms with van der Waals surface area (Å²) in [5, 5.41) is 4.83. The summed E-state index contributed by atoms with van der Waals surface area (Å²) in [5.41, 5.74) is 3.30. The Kier molecular flexibility index (Phi) is 8.15. The molecule has 0 spiro atoms. The number of thiazole rings is 1. The number of benzene rings is 3. The number of nitrogens with one attached hydrogen (secondary N) is 1. The fraction of sp³-hybridized carbons (Fsp3) is 0.148. The standard InChI is InChI=1S/C27H24N2O6S/c1-32-23-13-12-19(14-24(23)33-2)21-17-36-27(28-21)29-25(30)15-35-26(31)16-34-22-11-7-6-10-20(22)18-8-4-3-5-9-18/h3-14,17H,15-16H2,1-2H3,(H,28,29,30). The van der Waals surface area contributed by atoms with E-state index in [-0.39, 0.29) is 6.61 Å². The van der Waals surface area contributed by atoms with Crippen molar-refractivity contribution in [1.29, 1.82) is 0 Å². The number of methoxy groups -OCH3 is 2. The van der Waals surface area contributed by atoms with E-state index in [9.17, 15) is 9.59 Å². The molecule has 1 amide bonds. The van der Waals surface area contributed by atoms with Crippen LogP contribution in [0.2, 0.25) is 0 Å². The fourth-order valence-electron chi connectivity index (χ4n) is 3.39. The van der Waals surface area contributed by atoms with E-state index in [1.165, 1.54) is 11.3 Å². The van der Waals surface area contributed by atoms with Crippen molar-refractivity contribution in [1.82, 2.24) is 4.98 Å². The number of aromatic nitrogens is 1. The predicted molar refractivity (Wildman–Crippen MR) is 138 cm³/mol. The lowest BCUT2D eigenvalue weighted by Gasteiger charge is -2.11. The molecule has 3 aromatic carbocycles. The third-order valence-electron chi connectivity index (χ3n) is 5.11. The Labute approximate surface area is 212 Å². The van der Waals surface area contributed by atoms with Crippen LogP contribution in [-0.4, -0.2) is 44.3 Å². The number of hydrogen-bond donors (Lipinski definition) is 1. The maximum atomic E-state index is 12.3. The van der Waals surface area contributed by atoms with E-state index in [2.05, 4.69) is 10.3 Å². The molecule has 0 aliphatic heterocycles. The van der Waals surface area contributed by atoms with Crippen molar-refractivity contribution in [3.8, 4) is 39.6 Å². The number of anilines is 1. The summed E-state index contributed by atoms with van der Waals surface area (Å²) in [6.07, 6.45) is 0. The first-order chi connectivity index (χ1) is 17.6. The van der Waals surface area contributed by atoms with E-state index in [4.69, 9.17) is 18.9 Å². The average Bonchev–Trinajstić information content (AvgIpc) is 3.39. The van der Waals surface area contributed by atoms with Gasteiger partial charge in [-0.15, -0.1) is 11.3 Å². The Morgan fingerprint density at radius 3 is 2.36 bits per heavy atom. The third-order valence-corrected chi connectivity index (χ3v) is 5.87.